The monoisotopic (exact) mass is 351 g/mol. The first-order valence-electron chi connectivity index (χ1n) is 7.28. The van der Waals surface area contributed by atoms with E-state index < -0.39 is 25.4 Å². The number of aliphatic hydroxyl groups is 1. The molecular weight excluding hydrogens is 333 g/mol. The standard InChI is InChI=1S/C16H18NO6P/c1-2-12(10-5-3-6-11(18)9-10)16(20)15-13(17-24(21,22)23)7-4-8-14(15)19/h3-9,12,15,18-19H,2H2,1H3,(H2,21,22,23). The van der Waals surface area contributed by atoms with Gasteiger partial charge in [-0.1, -0.05) is 25.1 Å². The van der Waals surface area contributed by atoms with Crippen LogP contribution in [-0.2, 0) is 9.36 Å². The minimum absolute atomic E-state index is 0.00571. The molecule has 24 heavy (non-hydrogen) atoms. The normalized spacial score (nSPS) is 20.7. The Morgan fingerprint density at radius 2 is 2.04 bits per heavy atom. The first-order valence-corrected chi connectivity index (χ1v) is 8.85. The predicted octanol–water partition coefficient (Wildman–Crippen LogP) is 2.62. The maximum Gasteiger partial charge on any atom is 0.448 e. The van der Waals surface area contributed by atoms with Crippen LogP contribution in [0.2, 0.25) is 0 Å². The third-order valence-electron chi connectivity index (χ3n) is 3.68. The molecule has 0 aliphatic heterocycles. The molecule has 1 aromatic rings. The van der Waals surface area contributed by atoms with Crippen LogP contribution in [-0.4, -0.2) is 31.5 Å². The van der Waals surface area contributed by atoms with Crippen molar-refractivity contribution >= 4 is 19.2 Å². The Hall–Kier alpha value is -2.21. The van der Waals surface area contributed by atoms with Gasteiger partial charge in [0.05, 0.1) is 5.71 Å². The second kappa shape index (κ2) is 7.13. The molecule has 8 heteroatoms. The first-order chi connectivity index (χ1) is 11.2. The van der Waals surface area contributed by atoms with E-state index in [0.29, 0.717) is 12.0 Å². The minimum atomic E-state index is -4.75. The maximum absolute atomic E-state index is 12.9. The van der Waals surface area contributed by atoms with Crippen molar-refractivity contribution in [3.63, 3.8) is 0 Å². The molecule has 0 radical (unpaired) electrons. The predicted molar refractivity (Wildman–Crippen MR) is 89.0 cm³/mol. The van der Waals surface area contributed by atoms with Crippen molar-refractivity contribution in [1.82, 2.24) is 0 Å². The molecule has 1 aliphatic carbocycles. The van der Waals surface area contributed by atoms with Crippen LogP contribution >= 0.6 is 7.75 Å². The minimum Gasteiger partial charge on any atom is -0.511 e. The van der Waals surface area contributed by atoms with Gasteiger partial charge in [-0.2, -0.15) is 4.76 Å². The zero-order chi connectivity index (χ0) is 17.9. The number of hydrogen-bond donors (Lipinski definition) is 4. The van der Waals surface area contributed by atoms with Gasteiger partial charge in [-0.05, 0) is 36.3 Å². The molecule has 0 saturated carbocycles. The summed E-state index contributed by atoms with van der Waals surface area (Å²) in [4.78, 5) is 31.0. The van der Waals surface area contributed by atoms with Gasteiger partial charge in [0, 0.05) is 5.92 Å². The molecule has 0 saturated heterocycles. The molecule has 0 heterocycles. The van der Waals surface area contributed by atoms with E-state index in [0.717, 1.165) is 0 Å². The first kappa shape index (κ1) is 18.1. The molecule has 0 bridgehead atoms. The van der Waals surface area contributed by atoms with E-state index >= 15 is 0 Å². The van der Waals surface area contributed by atoms with Crippen molar-refractivity contribution in [2.24, 2.45) is 10.7 Å². The highest BCUT2D eigenvalue weighted by atomic mass is 31.2. The number of ketones is 1. The number of rotatable bonds is 5. The zero-order valence-corrected chi connectivity index (χ0v) is 13.8. The van der Waals surface area contributed by atoms with Crippen LogP contribution < -0.4 is 0 Å². The Morgan fingerprint density at radius 1 is 1.33 bits per heavy atom. The van der Waals surface area contributed by atoms with Crippen LogP contribution in [0.5, 0.6) is 5.75 Å². The number of phenols is 1. The summed E-state index contributed by atoms with van der Waals surface area (Å²) in [5.41, 5.74) is 0.368. The summed E-state index contributed by atoms with van der Waals surface area (Å²) in [5.74, 6) is -2.69. The van der Waals surface area contributed by atoms with Crippen LogP contribution in [0.1, 0.15) is 24.8 Å². The smallest absolute Gasteiger partial charge is 0.448 e. The van der Waals surface area contributed by atoms with Crippen LogP contribution in [0.15, 0.2) is 53.0 Å². The molecule has 4 N–H and O–H groups in total. The summed E-state index contributed by atoms with van der Waals surface area (Å²) >= 11 is 0. The number of carbonyl (C=O) groups excluding carboxylic acids is 1. The lowest BCUT2D eigenvalue weighted by Crippen LogP contribution is -2.31. The van der Waals surface area contributed by atoms with Crippen molar-refractivity contribution in [1.29, 1.82) is 0 Å². The molecule has 1 aromatic carbocycles. The van der Waals surface area contributed by atoms with Gasteiger partial charge in [0.2, 0.25) is 0 Å². The number of aromatic hydroxyl groups is 1. The van der Waals surface area contributed by atoms with E-state index in [4.69, 9.17) is 9.79 Å². The van der Waals surface area contributed by atoms with E-state index in [9.17, 15) is 19.6 Å². The molecule has 7 nitrogen and oxygen atoms in total. The fraction of sp³-hybridized carbons (Fsp3) is 0.250. The average Bonchev–Trinajstić information content (AvgIpc) is 2.46. The Labute approximate surface area is 138 Å². The largest absolute Gasteiger partial charge is 0.511 e. The summed E-state index contributed by atoms with van der Waals surface area (Å²) in [6, 6.07) is 6.19. The van der Waals surface area contributed by atoms with Crippen LogP contribution in [0.4, 0.5) is 0 Å². The number of carbonyl (C=O) groups is 1. The molecule has 2 rings (SSSR count). The second-order valence-corrected chi connectivity index (χ2v) is 6.61. The Kier molecular flexibility index (Phi) is 5.39. The molecule has 0 spiro atoms. The molecule has 0 fully saturated rings. The Morgan fingerprint density at radius 3 is 2.62 bits per heavy atom. The third kappa shape index (κ3) is 4.20. The second-order valence-electron chi connectivity index (χ2n) is 5.38. The van der Waals surface area contributed by atoms with E-state index in [1.54, 1.807) is 19.1 Å². The maximum atomic E-state index is 12.9. The fourth-order valence-corrected chi connectivity index (χ4v) is 3.15. The third-order valence-corrected chi connectivity index (χ3v) is 4.17. The van der Waals surface area contributed by atoms with Gasteiger partial charge in [-0.3, -0.25) is 4.79 Å². The van der Waals surface area contributed by atoms with Gasteiger partial charge in [0.15, 0.2) is 5.78 Å². The van der Waals surface area contributed by atoms with Crippen LogP contribution in [0.25, 0.3) is 0 Å². The van der Waals surface area contributed by atoms with Crippen molar-refractivity contribution in [2.75, 3.05) is 0 Å². The van der Waals surface area contributed by atoms with Gasteiger partial charge in [0.1, 0.15) is 17.4 Å². The Bertz CT molecular complexity index is 777. The molecule has 0 aromatic heterocycles. The van der Waals surface area contributed by atoms with Crippen LogP contribution in [0, 0.1) is 5.92 Å². The van der Waals surface area contributed by atoms with Crippen LogP contribution in [0.3, 0.4) is 0 Å². The lowest BCUT2D eigenvalue weighted by Gasteiger charge is -2.23. The highest BCUT2D eigenvalue weighted by Crippen LogP contribution is 2.39. The van der Waals surface area contributed by atoms with E-state index in [1.165, 1.54) is 30.4 Å². The Balaban J connectivity index is 2.44. The number of hydrogen-bond acceptors (Lipinski definition) is 4. The summed E-state index contributed by atoms with van der Waals surface area (Å²) in [7, 11) is -4.75. The number of aliphatic hydroxyl groups excluding tert-OH is 1. The highest BCUT2D eigenvalue weighted by Gasteiger charge is 2.35. The fourth-order valence-electron chi connectivity index (χ4n) is 2.67. The zero-order valence-electron chi connectivity index (χ0n) is 12.9. The van der Waals surface area contributed by atoms with E-state index in [-0.39, 0.29) is 17.2 Å². The number of allylic oxidation sites excluding steroid dienone is 4. The lowest BCUT2D eigenvalue weighted by atomic mass is 9.81. The number of phenolic OH excluding ortho intramolecular Hbond substituents is 1. The van der Waals surface area contributed by atoms with Gasteiger partial charge >= 0.3 is 7.75 Å². The van der Waals surface area contributed by atoms with Crippen molar-refractivity contribution in [3.05, 3.63) is 53.8 Å². The lowest BCUT2D eigenvalue weighted by molar-refractivity contribution is -0.122. The summed E-state index contributed by atoms with van der Waals surface area (Å²) in [5, 5.41) is 19.7. The van der Waals surface area contributed by atoms with E-state index in [2.05, 4.69) is 4.76 Å². The van der Waals surface area contributed by atoms with Crippen molar-refractivity contribution in [2.45, 2.75) is 19.3 Å². The SMILES string of the molecule is CCC(C(=O)C1C(O)=CC=CC1=NP(=O)(O)O)c1cccc(O)c1. The molecule has 0 amide bonds. The number of Topliss-reactive ketones (excluding diaryl/α,β-unsaturated/α-hetero) is 1. The number of nitrogens with zero attached hydrogens (tertiary/aromatic N) is 1. The molecular formula is C16H18NO6P. The average molecular weight is 351 g/mol. The van der Waals surface area contributed by atoms with Crippen molar-refractivity contribution < 1.29 is 29.4 Å². The summed E-state index contributed by atoms with van der Waals surface area (Å²) in [6.45, 7) is 1.77. The summed E-state index contributed by atoms with van der Waals surface area (Å²) in [6.07, 6.45) is 4.33. The highest BCUT2D eigenvalue weighted by molar-refractivity contribution is 7.50. The van der Waals surface area contributed by atoms with Gasteiger partial charge in [-0.15, -0.1) is 0 Å². The van der Waals surface area contributed by atoms with Gasteiger partial charge in [0.25, 0.3) is 0 Å². The summed E-state index contributed by atoms with van der Waals surface area (Å²) < 4.78 is 14.4. The molecule has 1 aliphatic rings. The number of benzene rings is 1. The van der Waals surface area contributed by atoms with E-state index in [1.807, 2.05) is 0 Å². The molecule has 128 valence electrons. The van der Waals surface area contributed by atoms with Gasteiger partial charge < -0.3 is 20.0 Å². The quantitative estimate of drug-likeness (QED) is 0.604. The molecule has 2 atom stereocenters. The topological polar surface area (TPSA) is 127 Å². The van der Waals surface area contributed by atoms with Crippen molar-refractivity contribution in [3.8, 4) is 5.75 Å². The molecule has 2 unspecified atom stereocenters. The van der Waals surface area contributed by atoms with Gasteiger partial charge in [-0.25, -0.2) is 4.57 Å².